The lowest BCUT2D eigenvalue weighted by Crippen LogP contribution is -2.50. The Balaban J connectivity index is 0.00000338. The minimum Gasteiger partial charge on any atom is -0.356 e. The number of nitrogens with zero attached hydrogens (tertiary/aromatic N) is 3. The molecule has 0 radical (unpaired) electrons. The molecule has 2 N–H and O–H groups in total. The molecule has 0 aliphatic carbocycles. The first kappa shape index (κ1) is 22.6. The van der Waals surface area contributed by atoms with Crippen LogP contribution in [-0.4, -0.2) is 74.5 Å². The summed E-state index contributed by atoms with van der Waals surface area (Å²) in [6, 6.07) is 6.56. The molecule has 0 aromatic heterocycles. The molecule has 2 rings (SSSR count). The number of hydrogen-bond donors (Lipinski definition) is 2. The zero-order chi connectivity index (χ0) is 18.1. The fraction of sp³-hybridized carbons (Fsp3) is 0.556. The van der Waals surface area contributed by atoms with Gasteiger partial charge in [0.25, 0.3) is 0 Å². The third kappa shape index (κ3) is 7.86. The number of carbonyl (C=O) groups excluding carboxylic acids is 1. The van der Waals surface area contributed by atoms with Gasteiger partial charge in [0.1, 0.15) is 5.82 Å². The highest BCUT2D eigenvalue weighted by molar-refractivity contribution is 14.0. The average Bonchev–Trinajstić information content (AvgIpc) is 2.62. The van der Waals surface area contributed by atoms with Crippen LogP contribution >= 0.6 is 24.0 Å². The third-order valence-corrected chi connectivity index (χ3v) is 4.38. The summed E-state index contributed by atoms with van der Waals surface area (Å²) in [5.41, 5.74) is 1.09. The number of piperazine rings is 1. The van der Waals surface area contributed by atoms with E-state index in [1.807, 2.05) is 4.90 Å². The molecule has 1 aromatic carbocycles. The Morgan fingerprint density at radius 2 is 1.73 bits per heavy atom. The van der Waals surface area contributed by atoms with Crippen molar-refractivity contribution in [1.29, 1.82) is 0 Å². The fourth-order valence-corrected chi connectivity index (χ4v) is 2.82. The van der Waals surface area contributed by atoms with Crippen LogP contribution in [0.5, 0.6) is 0 Å². The second-order valence-corrected chi connectivity index (χ2v) is 6.15. The first-order chi connectivity index (χ1) is 12.1. The fourth-order valence-electron chi connectivity index (χ4n) is 2.82. The van der Waals surface area contributed by atoms with E-state index in [4.69, 9.17) is 0 Å². The molecular formula is C18H29FIN5O. The standard InChI is InChI=1S/C18H28FN5O.HI/c1-15(25)24-13-11-23(12-14-24)10-9-22-18(20-2)21-8-7-16-3-5-17(19)6-4-16;/h3-6H,7-14H2,1-2H3,(H2,20,21,22);1H. The van der Waals surface area contributed by atoms with Gasteiger partial charge in [0, 0.05) is 59.8 Å². The average molecular weight is 477 g/mol. The third-order valence-electron chi connectivity index (χ3n) is 4.38. The normalized spacial score (nSPS) is 15.3. The molecule has 6 nitrogen and oxygen atoms in total. The Bertz CT molecular complexity index is 573. The van der Waals surface area contributed by atoms with Gasteiger partial charge in [-0.15, -0.1) is 24.0 Å². The molecule has 146 valence electrons. The molecule has 1 amide bonds. The van der Waals surface area contributed by atoms with Crippen LogP contribution < -0.4 is 10.6 Å². The van der Waals surface area contributed by atoms with Gasteiger partial charge in [0.2, 0.25) is 5.91 Å². The van der Waals surface area contributed by atoms with Gasteiger partial charge in [0.05, 0.1) is 0 Å². The summed E-state index contributed by atoms with van der Waals surface area (Å²) in [7, 11) is 1.75. The number of benzene rings is 1. The minimum atomic E-state index is -0.210. The Hall–Kier alpha value is -1.42. The quantitative estimate of drug-likeness (QED) is 0.369. The zero-order valence-electron chi connectivity index (χ0n) is 15.5. The summed E-state index contributed by atoms with van der Waals surface area (Å²) >= 11 is 0. The summed E-state index contributed by atoms with van der Waals surface area (Å²) in [5, 5.41) is 6.57. The van der Waals surface area contributed by atoms with E-state index in [1.54, 1.807) is 26.1 Å². The number of carbonyl (C=O) groups is 1. The maximum Gasteiger partial charge on any atom is 0.219 e. The highest BCUT2D eigenvalue weighted by Gasteiger charge is 2.17. The summed E-state index contributed by atoms with van der Waals surface area (Å²) in [6.45, 7) is 7.53. The molecule has 1 aromatic rings. The predicted molar refractivity (Wildman–Crippen MR) is 114 cm³/mol. The molecule has 1 aliphatic heterocycles. The Morgan fingerprint density at radius 1 is 1.12 bits per heavy atom. The second-order valence-electron chi connectivity index (χ2n) is 6.15. The van der Waals surface area contributed by atoms with Crippen molar-refractivity contribution in [2.24, 2.45) is 4.99 Å². The molecule has 0 atom stereocenters. The van der Waals surface area contributed by atoms with E-state index < -0.39 is 0 Å². The number of amides is 1. The van der Waals surface area contributed by atoms with Crippen LogP contribution in [-0.2, 0) is 11.2 Å². The highest BCUT2D eigenvalue weighted by atomic mass is 127. The van der Waals surface area contributed by atoms with Crippen molar-refractivity contribution >= 4 is 35.8 Å². The van der Waals surface area contributed by atoms with Gasteiger partial charge >= 0.3 is 0 Å². The van der Waals surface area contributed by atoms with Crippen molar-refractivity contribution in [3.63, 3.8) is 0 Å². The molecule has 0 bridgehead atoms. The van der Waals surface area contributed by atoms with Crippen molar-refractivity contribution in [1.82, 2.24) is 20.4 Å². The van der Waals surface area contributed by atoms with E-state index >= 15 is 0 Å². The molecule has 1 saturated heterocycles. The number of guanidine groups is 1. The van der Waals surface area contributed by atoms with Crippen LogP contribution in [0.3, 0.4) is 0 Å². The first-order valence-electron chi connectivity index (χ1n) is 8.75. The summed E-state index contributed by atoms with van der Waals surface area (Å²) in [4.78, 5) is 19.8. The minimum absolute atomic E-state index is 0. The van der Waals surface area contributed by atoms with Crippen LogP contribution in [0, 0.1) is 5.82 Å². The van der Waals surface area contributed by atoms with Crippen molar-refractivity contribution in [3.05, 3.63) is 35.6 Å². The van der Waals surface area contributed by atoms with Crippen LogP contribution in [0.4, 0.5) is 4.39 Å². The van der Waals surface area contributed by atoms with E-state index in [0.717, 1.165) is 63.8 Å². The zero-order valence-corrected chi connectivity index (χ0v) is 17.8. The molecule has 26 heavy (non-hydrogen) atoms. The molecule has 0 unspecified atom stereocenters. The van der Waals surface area contributed by atoms with E-state index in [1.165, 1.54) is 12.1 Å². The molecule has 1 aliphatic rings. The smallest absolute Gasteiger partial charge is 0.219 e. The summed E-state index contributed by atoms with van der Waals surface area (Å²) in [5.74, 6) is 0.714. The van der Waals surface area contributed by atoms with Crippen molar-refractivity contribution in [2.45, 2.75) is 13.3 Å². The lowest BCUT2D eigenvalue weighted by molar-refractivity contribution is -0.130. The predicted octanol–water partition coefficient (Wildman–Crippen LogP) is 1.32. The number of halogens is 2. The number of rotatable bonds is 6. The van der Waals surface area contributed by atoms with Gasteiger partial charge in [-0.2, -0.15) is 0 Å². The Labute approximate surface area is 172 Å². The SMILES string of the molecule is CN=C(NCCc1ccc(F)cc1)NCCN1CCN(C(C)=O)CC1.I. The molecular weight excluding hydrogens is 448 g/mol. The van der Waals surface area contributed by atoms with E-state index in [2.05, 4.69) is 20.5 Å². The van der Waals surface area contributed by atoms with Crippen molar-refractivity contribution in [2.75, 3.05) is 52.9 Å². The lowest BCUT2D eigenvalue weighted by atomic mass is 10.1. The monoisotopic (exact) mass is 477 g/mol. The van der Waals surface area contributed by atoms with Crippen LogP contribution in [0.25, 0.3) is 0 Å². The lowest BCUT2D eigenvalue weighted by Gasteiger charge is -2.34. The molecule has 0 spiro atoms. The van der Waals surface area contributed by atoms with Crippen LogP contribution in [0.1, 0.15) is 12.5 Å². The van der Waals surface area contributed by atoms with Crippen molar-refractivity contribution in [3.8, 4) is 0 Å². The first-order valence-corrected chi connectivity index (χ1v) is 8.75. The number of aliphatic imine (C=N–C) groups is 1. The van der Waals surface area contributed by atoms with E-state index in [-0.39, 0.29) is 35.7 Å². The largest absolute Gasteiger partial charge is 0.356 e. The summed E-state index contributed by atoms with van der Waals surface area (Å²) in [6.07, 6.45) is 0.813. The highest BCUT2D eigenvalue weighted by Crippen LogP contribution is 2.03. The Kier molecular flexibility index (Phi) is 10.5. The number of hydrogen-bond acceptors (Lipinski definition) is 3. The van der Waals surface area contributed by atoms with Gasteiger partial charge in [-0.05, 0) is 24.1 Å². The van der Waals surface area contributed by atoms with Gasteiger partial charge in [0.15, 0.2) is 5.96 Å². The maximum atomic E-state index is 12.9. The van der Waals surface area contributed by atoms with E-state index in [0.29, 0.717) is 0 Å². The molecule has 1 fully saturated rings. The Morgan fingerprint density at radius 3 is 2.31 bits per heavy atom. The summed E-state index contributed by atoms with van der Waals surface area (Å²) < 4.78 is 12.9. The van der Waals surface area contributed by atoms with Crippen molar-refractivity contribution < 1.29 is 9.18 Å². The maximum absolute atomic E-state index is 12.9. The van der Waals surface area contributed by atoms with Crippen LogP contribution in [0.2, 0.25) is 0 Å². The van der Waals surface area contributed by atoms with Gasteiger partial charge in [-0.25, -0.2) is 4.39 Å². The van der Waals surface area contributed by atoms with Gasteiger partial charge in [-0.1, -0.05) is 12.1 Å². The molecule has 1 heterocycles. The van der Waals surface area contributed by atoms with Crippen LogP contribution in [0.15, 0.2) is 29.3 Å². The second kappa shape index (κ2) is 12.1. The number of nitrogens with one attached hydrogen (secondary N) is 2. The molecule has 8 heteroatoms. The topological polar surface area (TPSA) is 60.0 Å². The van der Waals surface area contributed by atoms with Gasteiger partial charge < -0.3 is 15.5 Å². The molecule has 0 saturated carbocycles. The van der Waals surface area contributed by atoms with Gasteiger partial charge in [-0.3, -0.25) is 14.7 Å². The van der Waals surface area contributed by atoms with E-state index in [9.17, 15) is 9.18 Å².